The van der Waals surface area contributed by atoms with Crippen LogP contribution in [0.4, 0.5) is 5.88 Å². The van der Waals surface area contributed by atoms with Crippen molar-refractivity contribution in [3.8, 4) is 11.1 Å². The zero-order valence-corrected chi connectivity index (χ0v) is 26.2. The molecular formula is C26H38N2O9S2Si. The first-order chi connectivity index (χ1) is 18.5. The fourth-order valence-corrected chi connectivity index (χ4v) is 5.87. The molecule has 1 aromatic heterocycles. The largest absolute Gasteiger partial charge is 0.392 e. The molecule has 3 rings (SSSR count). The van der Waals surface area contributed by atoms with Crippen LogP contribution < -0.4 is 4.31 Å². The number of rotatable bonds is 11. The highest BCUT2D eigenvalue weighted by molar-refractivity contribution is 7.93. The molecule has 0 atom stereocenters. The van der Waals surface area contributed by atoms with E-state index < -0.39 is 28.2 Å². The molecule has 14 heteroatoms. The second-order valence-corrected chi connectivity index (χ2v) is 19.4. The lowest BCUT2D eigenvalue weighted by molar-refractivity contribution is 0.153. The van der Waals surface area contributed by atoms with Crippen LogP contribution in [-0.4, -0.2) is 64.4 Å². The average Bonchev–Trinajstić information content (AvgIpc) is 3.19. The van der Waals surface area contributed by atoms with Crippen molar-refractivity contribution in [2.45, 2.75) is 57.6 Å². The van der Waals surface area contributed by atoms with Crippen molar-refractivity contribution in [2.24, 2.45) is 0 Å². The lowest BCUT2D eigenvalue weighted by Crippen LogP contribution is -2.34. The van der Waals surface area contributed by atoms with Gasteiger partial charge >= 0.3 is 0 Å². The number of hydrogen-bond donors (Lipinski definition) is 3. The average molecular weight is 615 g/mol. The molecule has 0 spiro atoms. The first kappa shape index (κ1) is 33.6. The minimum absolute atomic E-state index is 0.0497. The maximum atomic E-state index is 14.1. The summed E-state index contributed by atoms with van der Waals surface area (Å²) in [6.07, 6.45) is 0.715. The van der Waals surface area contributed by atoms with Crippen molar-refractivity contribution >= 4 is 34.1 Å². The molecule has 0 aliphatic heterocycles. The first-order valence-corrected chi connectivity index (χ1v) is 19.4. The minimum Gasteiger partial charge on any atom is -0.392 e. The predicted octanol–water partition coefficient (Wildman–Crippen LogP) is 3.95. The van der Waals surface area contributed by atoms with Crippen molar-refractivity contribution in [3.05, 3.63) is 64.8 Å². The second-order valence-electron chi connectivity index (χ2n) is 10.4. The van der Waals surface area contributed by atoms with Gasteiger partial charge in [0, 0.05) is 25.8 Å². The van der Waals surface area contributed by atoms with E-state index in [2.05, 4.69) is 24.8 Å². The Morgan fingerprint density at radius 1 is 0.975 bits per heavy atom. The molecule has 0 bridgehead atoms. The molecule has 3 aromatic rings. The van der Waals surface area contributed by atoms with Crippen LogP contribution in [0, 0.1) is 13.8 Å². The lowest BCUT2D eigenvalue weighted by Gasteiger charge is -2.24. The molecule has 0 unspecified atom stereocenters. The SMILES string of the molecule is CS(=O)(=O)O.Cc1noc(N(COCC[Si](C)(C)C)S(=O)(=O)c2ccccc2-c2ccc(CO)cc2CO)c1C. The smallest absolute Gasteiger partial charge is 0.269 e. The summed E-state index contributed by atoms with van der Waals surface area (Å²) in [4.78, 5) is 0.0497. The molecule has 0 fully saturated rings. The Kier molecular flexibility index (Phi) is 11.6. The third kappa shape index (κ3) is 9.51. The summed E-state index contributed by atoms with van der Waals surface area (Å²) in [5, 5.41) is 23.4. The van der Waals surface area contributed by atoms with E-state index in [0.717, 1.165) is 10.3 Å². The Hall–Kier alpha value is -2.59. The second kappa shape index (κ2) is 13.8. The number of nitrogens with zero attached hydrogens (tertiary/aromatic N) is 2. The normalized spacial score (nSPS) is 12.1. The Morgan fingerprint density at radius 2 is 1.60 bits per heavy atom. The molecular weight excluding hydrogens is 577 g/mol. The Bertz CT molecular complexity index is 1490. The van der Waals surface area contributed by atoms with Gasteiger partial charge in [0.15, 0.2) is 0 Å². The number of aliphatic hydroxyl groups is 2. The Labute approximate surface area is 237 Å². The van der Waals surface area contributed by atoms with Gasteiger partial charge in [0.25, 0.3) is 20.1 Å². The van der Waals surface area contributed by atoms with E-state index in [0.29, 0.717) is 46.4 Å². The molecule has 222 valence electrons. The van der Waals surface area contributed by atoms with Crippen LogP contribution in [0.15, 0.2) is 51.9 Å². The predicted molar refractivity (Wildman–Crippen MR) is 156 cm³/mol. The summed E-state index contributed by atoms with van der Waals surface area (Å²) in [5.74, 6) is 0.114. The van der Waals surface area contributed by atoms with E-state index in [1.54, 1.807) is 50.2 Å². The number of sulfonamides is 1. The fourth-order valence-electron chi connectivity index (χ4n) is 3.57. The molecule has 0 saturated carbocycles. The fraction of sp³-hybridized carbons (Fsp3) is 0.423. The van der Waals surface area contributed by atoms with E-state index in [9.17, 15) is 27.0 Å². The van der Waals surface area contributed by atoms with Crippen LogP contribution in [0.5, 0.6) is 0 Å². The third-order valence-corrected chi connectivity index (χ3v) is 9.30. The highest BCUT2D eigenvalue weighted by Gasteiger charge is 2.32. The van der Waals surface area contributed by atoms with Crippen LogP contribution in [-0.2, 0) is 38.1 Å². The quantitative estimate of drug-likeness (QED) is 0.124. The zero-order chi connectivity index (χ0) is 30.3. The maximum Gasteiger partial charge on any atom is 0.269 e. The van der Waals surface area contributed by atoms with E-state index in [4.69, 9.17) is 13.8 Å². The zero-order valence-electron chi connectivity index (χ0n) is 23.6. The van der Waals surface area contributed by atoms with Gasteiger partial charge in [0.2, 0.25) is 5.88 Å². The van der Waals surface area contributed by atoms with Crippen LogP contribution in [0.25, 0.3) is 11.1 Å². The maximum absolute atomic E-state index is 14.1. The lowest BCUT2D eigenvalue weighted by atomic mass is 9.98. The number of aromatic nitrogens is 1. The van der Waals surface area contributed by atoms with Crippen molar-refractivity contribution in [1.82, 2.24) is 5.16 Å². The minimum atomic E-state index is -4.14. The van der Waals surface area contributed by atoms with Crippen LogP contribution in [0.3, 0.4) is 0 Å². The molecule has 0 saturated heterocycles. The van der Waals surface area contributed by atoms with Crippen molar-refractivity contribution in [2.75, 3.05) is 23.9 Å². The summed E-state index contributed by atoms with van der Waals surface area (Å²) in [7, 11) is -9.18. The molecule has 0 aliphatic rings. The highest BCUT2D eigenvalue weighted by atomic mass is 32.2. The molecule has 0 amide bonds. The summed E-state index contributed by atoms with van der Waals surface area (Å²) in [6.45, 7) is 9.93. The van der Waals surface area contributed by atoms with Gasteiger partial charge < -0.3 is 19.5 Å². The van der Waals surface area contributed by atoms with Gasteiger partial charge in [-0.05, 0) is 42.6 Å². The van der Waals surface area contributed by atoms with Gasteiger partial charge in [0.1, 0.15) is 6.73 Å². The van der Waals surface area contributed by atoms with Crippen molar-refractivity contribution < 1.29 is 40.9 Å². The first-order valence-electron chi connectivity index (χ1n) is 12.4. The summed E-state index contributed by atoms with van der Waals surface area (Å²) >= 11 is 0. The molecule has 0 aliphatic carbocycles. The molecule has 3 N–H and O–H groups in total. The van der Waals surface area contributed by atoms with Crippen LogP contribution in [0.2, 0.25) is 25.7 Å². The van der Waals surface area contributed by atoms with Gasteiger partial charge in [-0.2, -0.15) is 8.42 Å². The third-order valence-electron chi connectivity index (χ3n) is 5.83. The van der Waals surface area contributed by atoms with Crippen LogP contribution in [0.1, 0.15) is 22.4 Å². The van der Waals surface area contributed by atoms with Crippen molar-refractivity contribution in [1.29, 1.82) is 0 Å². The van der Waals surface area contributed by atoms with E-state index in [-0.39, 0.29) is 30.7 Å². The monoisotopic (exact) mass is 614 g/mol. The topological polar surface area (TPSA) is 167 Å². The van der Waals surface area contributed by atoms with Gasteiger partial charge in [-0.3, -0.25) is 4.55 Å². The Balaban J connectivity index is 0.00000103. The number of aliphatic hydroxyl groups excluding tert-OH is 2. The molecule has 0 radical (unpaired) electrons. The number of hydrogen-bond acceptors (Lipinski definition) is 9. The molecule has 40 heavy (non-hydrogen) atoms. The van der Waals surface area contributed by atoms with Gasteiger partial charge in [0.05, 0.1) is 30.1 Å². The Morgan fingerprint density at radius 3 is 2.12 bits per heavy atom. The number of ether oxygens (including phenoxy) is 1. The number of benzene rings is 2. The standard InChI is InChI=1S/C25H34N2O6SSi.CH4O3S/c1-18-19(2)26-33-25(18)27(17-32-12-13-35(3,4)5)34(30,31)24-9-7-6-8-23(24)22-11-10-20(15-28)14-21(22)16-29;1-5(2,3)4/h6-11,14,28-29H,12-13,15-17H2,1-5H3;1H3,(H,2,3,4). The van der Waals surface area contributed by atoms with E-state index in [1.165, 1.54) is 6.07 Å². The van der Waals surface area contributed by atoms with Gasteiger partial charge in [-0.15, -0.1) is 0 Å². The number of aryl methyl sites for hydroxylation is 1. The summed E-state index contributed by atoms with van der Waals surface area (Å²) < 4.78 is 66.4. The van der Waals surface area contributed by atoms with Gasteiger partial charge in [-0.1, -0.05) is 61.2 Å². The summed E-state index contributed by atoms with van der Waals surface area (Å²) in [6, 6.07) is 12.6. The molecule has 11 nitrogen and oxygen atoms in total. The van der Waals surface area contributed by atoms with Crippen LogP contribution >= 0.6 is 0 Å². The summed E-state index contributed by atoms with van der Waals surface area (Å²) in [5.41, 5.74) is 3.35. The van der Waals surface area contributed by atoms with Crippen molar-refractivity contribution in [3.63, 3.8) is 0 Å². The highest BCUT2D eigenvalue weighted by Crippen LogP contribution is 2.35. The van der Waals surface area contributed by atoms with E-state index >= 15 is 0 Å². The van der Waals surface area contributed by atoms with Gasteiger partial charge in [-0.25, -0.2) is 12.7 Å². The molecule has 1 heterocycles. The number of anilines is 1. The molecule has 2 aromatic carbocycles. The van der Waals surface area contributed by atoms with E-state index in [1.807, 2.05) is 0 Å².